The lowest BCUT2D eigenvalue weighted by Gasteiger charge is -2.57. The number of nitrogens with two attached hydrogens (primary N) is 1. The highest BCUT2D eigenvalue weighted by atomic mass is 14.8. The lowest BCUT2D eigenvalue weighted by atomic mass is 9.48. The van der Waals surface area contributed by atoms with E-state index in [4.69, 9.17) is 5.73 Å². The van der Waals surface area contributed by atoms with Crippen LogP contribution in [-0.2, 0) is 6.42 Å². The molecule has 1 saturated carbocycles. The van der Waals surface area contributed by atoms with Crippen LogP contribution < -0.4 is 5.73 Å². The third kappa shape index (κ3) is 0.839. The van der Waals surface area contributed by atoms with Gasteiger partial charge in [-0.15, -0.1) is 0 Å². The Labute approximate surface area is 84.5 Å². The predicted molar refractivity (Wildman–Crippen MR) is 57.0 cm³/mol. The highest BCUT2D eigenvalue weighted by Crippen LogP contribution is 2.61. The van der Waals surface area contributed by atoms with Crippen molar-refractivity contribution >= 4 is 5.82 Å². The summed E-state index contributed by atoms with van der Waals surface area (Å²) < 4.78 is 0. The van der Waals surface area contributed by atoms with Crippen LogP contribution in [0.25, 0.3) is 0 Å². The molecule has 0 saturated heterocycles. The van der Waals surface area contributed by atoms with Gasteiger partial charge in [-0.3, -0.25) is 0 Å². The predicted octanol–water partition coefficient (Wildman–Crippen LogP) is 2.35. The molecule has 0 aromatic carbocycles. The molecule has 0 radical (unpaired) electrons. The largest absolute Gasteiger partial charge is 0.384 e. The maximum absolute atomic E-state index is 5.70. The monoisotopic (exact) mass is 188 g/mol. The first-order valence-corrected chi connectivity index (χ1v) is 5.33. The fourth-order valence-electron chi connectivity index (χ4n) is 3.17. The first-order valence-electron chi connectivity index (χ1n) is 5.33. The van der Waals surface area contributed by atoms with Crippen LogP contribution in [0.4, 0.5) is 5.82 Å². The summed E-state index contributed by atoms with van der Waals surface area (Å²) in [6.07, 6.45) is 4.55. The molecule has 0 amide bonds. The molecule has 0 spiro atoms. The molecule has 2 nitrogen and oxygen atoms in total. The smallest absolute Gasteiger partial charge is 0.123 e. The second kappa shape index (κ2) is 2.30. The molecule has 74 valence electrons. The summed E-state index contributed by atoms with van der Waals surface area (Å²) in [6.45, 7) is 4.76. The number of pyridine rings is 1. The van der Waals surface area contributed by atoms with Crippen molar-refractivity contribution < 1.29 is 0 Å². The number of hydrogen-bond acceptors (Lipinski definition) is 2. The van der Waals surface area contributed by atoms with Crippen molar-refractivity contribution in [2.24, 2.45) is 11.3 Å². The molecule has 1 fully saturated rings. The molecule has 1 aromatic heterocycles. The lowest BCUT2D eigenvalue weighted by molar-refractivity contribution is 0.0183. The van der Waals surface area contributed by atoms with Gasteiger partial charge >= 0.3 is 0 Å². The minimum Gasteiger partial charge on any atom is -0.384 e. The Morgan fingerprint density at radius 3 is 3.00 bits per heavy atom. The van der Waals surface area contributed by atoms with E-state index in [9.17, 15) is 0 Å². The van der Waals surface area contributed by atoms with Gasteiger partial charge < -0.3 is 5.73 Å². The van der Waals surface area contributed by atoms with Gasteiger partial charge in [0.25, 0.3) is 0 Å². The van der Waals surface area contributed by atoms with Crippen molar-refractivity contribution in [2.75, 3.05) is 5.73 Å². The Balaban J connectivity index is 2.11. The molecule has 0 aliphatic heterocycles. The average Bonchev–Trinajstić information content (AvgIpc) is 2.16. The summed E-state index contributed by atoms with van der Waals surface area (Å²) >= 11 is 0. The maximum Gasteiger partial charge on any atom is 0.123 e. The van der Waals surface area contributed by atoms with Crippen LogP contribution in [0.3, 0.4) is 0 Å². The number of nitrogen functional groups attached to an aromatic ring is 1. The topological polar surface area (TPSA) is 38.9 Å². The summed E-state index contributed by atoms with van der Waals surface area (Å²) in [5.41, 5.74) is 9.08. The van der Waals surface area contributed by atoms with Crippen LogP contribution in [0.15, 0.2) is 12.3 Å². The molecule has 1 aromatic rings. The Morgan fingerprint density at radius 1 is 1.50 bits per heavy atom. The van der Waals surface area contributed by atoms with Crippen LogP contribution in [-0.4, -0.2) is 4.98 Å². The van der Waals surface area contributed by atoms with Crippen molar-refractivity contribution in [3.05, 3.63) is 23.4 Å². The highest BCUT2D eigenvalue weighted by Gasteiger charge is 2.52. The Kier molecular flexibility index (Phi) is 1.36. The number of anilines is 1. The van der Waals surface area contributed by atoms with Crippen molar-refractivity contribution in [1.29, 1.82) is 0 Å². The quantitative estimate of drug-likeness (QED) is 0.678. The minimum absolute atomic E-state index is 0.491. The Bertz CT molecular complexity index is 395. The summed E-state index contributed by atoms with van der Waals surface area (Å²) in [5.74, 6) is 2.26. The third-order valence-electron chi connectivity index (χ3n) is 4.36. The Morgan fingerprint density at radius 2 is 2.29 bits per heavy atom. The van der Waals surface area contributed by atoms with Gasteiger partial charge in [-0.1, -0.05) is 13.8 Å². The highest BCUT2D eigenvalue weighted by molar-refractivity contribution is 5.44. The van der Waals surface area contributed by atoms with Gasteiger partial charge in [-0.05, 0) is 47.3 Å². The van der Waals surface area contributed by atoms with Gasteiger partial charge in [-0.2, -0.15) is 0 Å². The molecule has 2 heteroatoms. The fraction of sp³-hybridized carbons (Fsp3) is 0.583. The van der Waals surface area contributed by atoms with Crippen LogP contribution in [0.5, 0.6) is 0 Å². The molecular weight excluding hydrogens is 172 g/mol. The molecule has 2 bridgehead atoms. The normalized spacial score (nSPS) is 31.9. The Hall–Kier alpha value is -1.05. The number of hydrogen-bond donors (Lipinski definition) is 1. The average molecular weight is 188 g/mol. The van der Waals surface area contributed by atoms with Gasteiger partial charge in [0, 0.05) is 6.20 Å². The summed E-state index contributed by atoms with van der Waals surface area (Å²) in [4.78, 5) is 4.21. The van der Waals surface area contributed by atoms with Crippen LogP contribution in [0.1, 0.15) is 37.3 Å². The molecule has 14 heavy (non-hydrogen) atoms. The zero-order chi connectivity index (χ0) is 9.92. The van der Waals surface area contributed by atoms with E-state index in [1.165, 1.54) is 24.0 Å². The molecule has 0 unspecified atom stereocenters. The second-order valence-electron chi connectivity index (χ2n) is 5.32. The van der Waals surface area contributed by atoms with Crippen molar-refractivity contribution in [1.82, 2.24) is 4.98 Å². The van der Waals surface area contributed by atoms with Gasteiger partial charge in [0.05, 0.1) is 0 Å². The summed E-state index contributed by atoms with van der Waals surface area (Å²) in [6, 6.07) is 2.06. The molecule has 3 aliphatic rings. The standard InChI is InChI=1S/C12H16N2/c1-12(2)8-3-7-4-11(13)14-6-9(7)10(12)5-8/h4,6,8,10H,3,5H2,1-2H3,(H2,13,14)/t8-,10-/m0/s1. The molecular formula is C12H16N2. The minimum atomic E-state index is 0.491. The van der Waals surface area contributed by atoms with E-state index in [1.807, 2.05) is 6.20 Å². The van der Waals surface area contributed by atoms with Crippen molar-refractivity contribution in [2.45, 2.75) is 32.6 Å². The van der Waals surface area contributed by atoms with E-state index >= 15 is 0 Å². The zero-order valence-electron chi connectivity index (χ0n) is 8.75. The van der Waals surface area contributed by atoms with Crippen LogP contribution in [0.2, 0.25) is 0 Å². The van der Waals surface area contributed by atoms with Crippen LogP contribution >= 0.6 is 0 Å². The molecule has 2 N–H and O–H groups in total. The maximum atomic E-state index is 5.70. The summed E-state index contributed by atoms with van der Waals surface area (Å²) in [7, 11) is 0. The first kappa shape index (κ1) is 8.27. The van der Waals surface area contributed by atoms with Gasteiger partial charge in [-0.25, -0.2) is 4.98 Å². The summed E-state index contributed by atoms with van der Waals surface area (Å²) in [5, 5.41) is 0. The lowest BCUT2D eigenvalue weighted by Crippen LogP contribution is -2.48. The van der Waals surface area contributed by atoms with E-state index in [1.54, 1.807) is 0 Å². The van der Waals surface area contributed by atoms with Gasteiger partial charge in [0.15, 0.2) is 0 Å². The molecule has 2 atom stereocenters. The second-order valence-corrected chi connectivity index (χ2v) is 5.32. The van der Waals surface area contributed by atoms with E-state index in [-0.39, 0.29) is 0 Å². The zero-order valence-corrected chi connectivity index (χ0v) is 8.75. The van der Waals surface area contributed by atoms with Gasteiger partial charge in [0.1, 0.15) is 5.82 Å². The van der Waals surface area contributed by atoms with E-state index < -0.39 is 0 Å². The molecule has 1 heterocycles. The van der Waals surface area contributed by atoms with E-state index in [2.05, 4.69) is 24.9 Å². The van der Waals surface area contributed by atoms with Crippen molar-refractivity contribution in [3.63, 3.8) is 0 Å². The molecule has 4 rings (SSSR count). The third-order valence-corrected chi connectivity index (χ3v) is 4.36. The number of aromatic nitrogens is 1. The molecule has 3 aliphatic carbocycles. The number of nitrogens with zero attached hydrogens (tertiary/aromatic N) is 1. The SMILES string of the molecule is CC1(C)[C@H]2Cc3cc(N)ncc3[C@@H]1C2. The van der Waals surface area contributed by atoms with E-state index in [0.717, 1.165) is 11.8 Å². The van der Waals surface area contributed by atoms with Crippen molar-refractivity contribution in [3.8, 4) is 0 Å². The fourth-order valence-corrected chi connectivity index (χ4v) is 3.17. The van der Waals surface area contributed by atoms with E-state index in [0.29, 0.717) is 11.2 Å². The van der Waals surface area contributed by atoms with Crippen LogP contribution in [0, 0.1) is 11.3 Å². The van der Waals surface area contributed by atoms with Gasteiger partial charge in [0.2, 0.25) is 0 Å². The number of rotatable bonds is 0. The first-order chi connectivity index (χ1) is 6.59.